The molecule has 0 aliphatic carbocycles. The number of alkyl halides is 3. The summed E-state index contributed by atoms with van der Waals surface area (Å²) in [5, 5.41) is 6.35. The lowest BCUT2D eigenvalue weighted by atomic mass is 9.91. The van der Waals surface area contributed by atoms with Crippen LogP contribution in [-0.2, 0) is 11.3 Å². The SMILES string of the molecule is CCCC1(COC)CCCN1C(=O)Nc1ccn(CC(F)(F)F)n1. The number of urea groups is 1. The van der Waals surface area contributed by atoms with E-state index in [-0.39, 0.29) is 17.4 Å². The lowest BCUT2D eigenvalue weighted by Gasteiger charge is -2.37. The van der Waals surface area contributed by atoms with Crippen LogP contribution < -0.4 is 5.32 Å². The number of ether oxygens (including phenoxy) is 1. The fraction of sp³-hybridized carbons (Fsp3) is 0.733. The molecule has 1 fully saturated rings. The van der Waals surface area contributed by atoms with Gasteiger partial charge in [-0.3, -0.25) is 10.00 Å². The van der Waals surface area contributed by atoms with Gasteiger partial charge in [0.05, 0.1) is 12.1 Å². The zero-order valence-corrected chi connectivity index (χ0v) is 13.9. The van der Waals surface area contributed by atoms with Gasteiger partial charge in [0.2, 0.25) is 0 Å². The highest BCUT2D eigenvalue weighted by atomic mass is 19.4. The van der Waals surface area contributed by atoms with E-state index in [4.69, 9.17) is 4.74 Å². The Kier molecular flexibility index (Phi) is 5.74. The van der Waals surface area contributed by atoms with Crippen molar-refractivity contribution in [2.24, 2.45) is 0 Å². The molecule has 1 N–H and O–H groups in total. The molecular formula is C15H23F3N4O2. The van der Waals surface area contributed by atoms with Gasteiger partial charge in [0.15, 0.2) is 5.82 Å². The Bertz CT molecular complexity index is 553. The highest BCUT2D eigenvalue weighted by Gasteiger charge is 2.43. The number of rotatable bonds is 6. The van der Waals surface area contributed by atoms with Gasteiger partial charge in [0, 0.05) is 25.9 Å². The van der Waals surface area contributed by atoms with Crippen molar-refractivity contribution in [2.75, 3.05) is 25.6 Å². The van der Waals surface area contributed by atoms with E-state index in [1.165, 1.54) is 12.3 Å². The summed E-state index contributed by atoms with van der Waals surface area (Å²) < 4.78 is 43.1. The molecule has 1 aromatic heterocycles. The van der Waals surface area contributed by atoms with Crippen LogP contribution in [0, 0.1) is 0 Å². The first kappa shape index (κ1) is 18.6. The first-order chi connectivity index (χ1) is 11.3. The molecule has 0 saturated carbocycles. The molecule has 0 spiro atoms. The normalized spacial score (nSPS) is 21.3. The number of methoxy groups -OCH3 is 1. The summed E-state index contributed by atoms with van der Waals surface area (Å²) in [7, 11) is 1.60. The average Bonchev–Trinajstić information content (AvgIpc) is 3.05. The van der Waals surface area contributed by atoms with E-state index in [0.29, 0.717) is 13.2 Å². The molecule has 24 heavy (non-hydrogen) atoms. The average molecular weight is 348 g/mol. The van der Waals surface area contributed by atoms with Crippen LogP contribution in [0.4, 0.5) is 23.8 Å². The molecule has 1 saturated heterocycles. The maximum absolute atomic E-state index is 12.6. The summed E-state index contributed by atoms with van der Waals surface area (Å²) in [5.74, 6) is 0.110. The number of anilines is 1. The zero-order chi connectivity index (χ0) is 17.8. The van der Waals surface area contributed by atoms with Gasteiger partial charge >= 0.3 is 12.2 Å². The molecule has 2 amide bonds. The van der Waals surface area contributed by atoms with Crippen molar-refractivity contribution >= 4 is 11.8 Å². The Balaban J connectivity index is 2.05. The van der Waals surface area contributed by atoms with Gasteiger partial charge in [-0.15, -0.1) is 0 Å². The van der Waals surface area contributed by atoms with E-state index in [1.54, 1.807) is 12.0 Å². The van der Waals surface area contributed by atoms with Crippen LogP contribution in [-0.4, -0.2) is 52.7 Å². The van der Waals surface area contributed by atoms with Crippen molar-refractivity contribution in [2.45, 2.75) is 50.9 Å². The first-order valence-corrected chi connectivity index (χ1v) is 7.97. The molecule has 1 aliphatic rings. The van der Waals surface area contributed by atoms with Crippen molar-refractivity contribution in [3.8, 4) is 0 Å². The molecule has 2 rings (SSSR count). The van der Waals surface area contributed by atoms with Gasteiger partial charge < -0.3 is 9.64 Å². The van der Waals surface area contributed by atoms with Gasteiger partial charge in [0.25, 0.3) is 0 Å². The summed E-state index contributed by atoms with van der Waals surface area (Å²) in [6.45, 7) is 1.90. The van der Waals surface area contributed by atoms with E-state index in [1.807, 2.05) is 6.92 Å². The number of nitrogens with zero attached hydrogens (tertiary/aromatic N) is 3. The van der Waals surface area contributed by atoms with Crippen LogP contribution in [0.5, 0.6) is 0 Å². The van der Waals surface area contributed by atoms with Crippen LogP contribution in [0.3, 0.4) is 0 Å². The number of hydrogen-bond acceptors (Lipinski definition) is 3. The second-order valence-corrected chi connectivity index (χ2v) is 6.11. The second-order valence-electron chi connectivity index (χ2n) is 6.11. The summed E-state index contributed by atoms with van der Waals surface area (Å²) in [5.41, 5.74) is -0.359. The smallest absolute Gasteiger partial charge is 0.382 e. The lowest BCUT2D eigenvalue weighted by molar-refractivity contribution is -0.142. The third kappa shape index (κ3) is 4.40. The number of amides is 2. The summed E-state index contributed by atoms with van der Waals surface area (Å²) >= 11 is 0. The van der Waals surface area contributed by atoms with Gasteiger partial charge in [0.1, 0.15) is 6.54 Å². The highest BCUT2D eigenvalue weighted by Crippen LogP contribution is 2.34. The van der Waals surface area contributed by atoms with E-state index >= 15 is 0 Å². The predicted molar refractivity (Wildman–Crippen MR) is 82.8 cm³/mol. The molecule has 9 heteroatoms. The van der Waals surface area contributed by atoms with E-state index < -0.39 is 12.7 Å². The minimum absolute atomic E-state index is 0.110. The third-order valence-electron chi connectivity index (χ3n) is 4.19. The number of nitrogens with one attached hydrogen (secondary N) is 1. The molecule has 6 nitrogen and oxygen atoms in total. The monoisotopic (exact) mass is 348 g/mol. The molecule has 1 unspecified atom stereocenters. The van der Waals surface area contributed by atoms with Crippen LogP contribution in [0.15, 0.2) is 12.3 Å². The minimum Gasteiger partial charge on any atom is -0.382 e. The number of carbonyl (C=O) groups is 1. The summed E-state index contributed by atoms with van der Waals surface area (Å²) in [6, 6.07) is 1.01. The summed E-state index contributed by atoms with van der Waals surface area (Å²) in [4.78, 5) is 14.3. The van der Waals surface area contributed by atoms with Crippen LogP contribution in [0.25, 0.3) is 0 Å². The molecule has 1 aliphatic heterocycles. The fourth-order valence-corrected chi connectivity index (χ4v) is 3.35. The van der Waals surface area contributed by atoms with Crippen molar-refractivity contribution in [1.82, 2.24) is 14.7 Å². The molecule has 0 aromatic carbocycles. The number of carbonyl (C=O) groups excluding carboxylic acids is 1. The standard InChI is InChI=1S/C15H23F3N4O2/c1-3-6-14(11-24-2)7-4-8-22(14)13(23)19-12-5-9-21(20-12)10-15(16,17)18/h5,9H,3-4,6-8,10-11H2,1-2H3,(H,19,20,23). The molecule has 136 valence electrons. The Hall–Kier alpha value is -1.77. The molecule has 0 radical (unpaired) electrons. The first-order valence-electron chi connectivity index (χ1n) is 7.97. The highest BCUT2D eigenvalue weighted by molar-refractivity contribution is 5.89. The predicted octanol–water partition coefficient (Wildman–Crippen LogP) is 3.26. The molecule has 2 heterocycles. The Labute approximate surface area is 138 Å². The number of hydrogen-bond donors (Lipinski definition) is 1. The fourth-order valence-electron chi connectivity index (χ4n) is 3.35. The maximum Gasteiger partial charge on any atom is 0.408 e. The third-order valence-corrected chi connectivity index (χ3v) is 4.19. The van der Waals surface area contributed by atoms with Gasteiger partial charge in [-0.05, 0) is 19.3 Å². The second kappa shape index (κ2) is 7.42. The molecule has 1 aromatic rings. The van der Waals surface area contributed by atoms with E-state index in [2.05, 4.69) is 10.4 Å². The minimum atomic E-state index is -4.35. The van der Waals surface area contributed by atoms with Crippen LogP contribution in [0.1, 0.15) is 32.6 Å². The Morgan fingerprint density at radius 3 is 2.88 bits per heavy atom. The van der Waals surface area contributed by atoms with Gasteiger partial charge in [-0.2, -0.15) is 18.3 Å². The van der Waals surface area contributed by atoms with E-state index in [0.717, 1.165) is 30.4 Å². The quantitative estimate of drug-likeness (QED) is 0.858. The Morgan fingerprint density at radius 1 is 1.50 bits per heavy atom. The molecule has 1 atom stereocenters. The molecule has 0 bridgehead atoms. The van der Waals surface area contributed by atoms with Crippen LogP contribution >= 0.6 is 0 Å². The largest absolute Gasteiger partial charge is 0.408 e. The van der Waals surface area contributed by atoms with Crippen molar-refractivity contribution in [1.29, 1.82) is 0 Å². The summed E-state index contributed by atoms with van der Waals surface area (Å²) in [6.07, 6.45) is 0.298. The van der Waals surface area contributed by atoms with Crippen molar-refractivity contribution in [3.05, 3.63) is 12.3 Å². The number of aromatic nitrogens is 2. The number of likely N-dealkylation sites (tertiary alicyclic amines) is 1. The van der Waals surface area contributed by atoms with Crippen molar-refractivity contribution < 1.29 is 22.7 Å². The lowest BCUT2D eigenvalue weighted by Crippen LogP contribution is -2.52. The Morgan fingerprint density at radius 2 is 2.25 bits per heavy atom. The van der Waals surface area contributed by atoms with Crippen molar-refractivity contribution in [3.63, 3.8) is 0 Å². The van der Waals surface area contributed by atoms with Gasteiger partial charge in [-0.25, -0.2) is 4.79 Å². The van der Waals surface area contributed by atoms with Gasteiger partial charge in [-0.1, -0.05) is 13.3 Å². The van der Waals surface area contributed by atoms with Crippen LogP contribution in [0.2, 0.25) is 0 Å². The molecular weight excluding hydrogens is 325 g/mol. The maximum atomic E-state index is 12.6. The number of halogens is 3. The topological polar surface area (TPSA) is 59.4 Å². The zero-order valence-electron chi connectivity index (χ0n) is 13.9. The van der Waals surface area contributed by atoms with E-state index in [9.17, 15) is 18.0 Å².